The SMILES string of the molecule is COCCNCc1cccn1CCCOCCOC. The summed E-state index contributed by atoms with van der Waals surface area (Å²) in [6, 6.07) is 4.23. The molecule has 0 saturated carbocycles. The average molecular weight is 270 g/mol. The highest BCUT2D eigenvalue weighted by Crippen LogP contribution is 2.03. The Morgan fingerprint density at radius 1 is 1.11 bits per heavy atom. The summed E-state index contributed by atoms with van der Waals surface area (Å²) in [6.45, 7) is 5.60. The van der Waals surface area contributed by atoms with E-state index in [-0.39, 0.29) is 0 Å². The van der Waals surface area contributed by atoms with Crippen LogP contribution in [0.3, 0.4) is 0 Å². The summed E-state index contributed by atoms with van der Waals surface area (Å²) < 4.78 is 17.7. The Labute approximate surface area is 115 Å². The van der Waals surface area contributed by atoms with Crippen LogP contribution in [0, 0.1) is 0 Å². The minimum Gasteiger partial charge on any atom is -0.383 e. The average Bonchev–Trinajstić information content (AvgIpc) is 2.86. The van der Waals surface area contributed by atoms with E-state index in [1.807, 2.05) is 0 Å². The topological polar surface area (TPSA) is 44.7 Å². The largest absolute Gasteiger partial charge is 0.383 e. The Morgan fingerprint density at radius 3 is 2.74 bits per heavy atom. The van der Waals surface area contributed by atoms with Crippen molar-refractivity contribution in [3.8, 4) is 0 Å². The molecule has 0 spiro atoms. The molecule has 0 amide bonds. The lowest BCUT2D eigenvalue weighted by atomic mass is 10.4. The number of hydrogen-bond donors (Lipinski definition) is 1. The van der Waals surface area contributed by atoms with Crippen molar-refractivity contribution in [2.75, 3.05) is 47.2 Å². The minimum absolute atomic E-state index is 0.665. The maximum atomic E-state index is 5.45. The van der Waals surface area contributed by atoms with Crippen molar-refractivity contribution >= 4 is 0 Å². The lowest BCUT2D eigenvalue weighted by Gasteiger charge is -2.10. The Morgan fingerprint density at radius 2 is 1.95 bits per heavy atom. The molecule has 0 radical (unpaired) electrons. The van der Waals surface area contributed by atoms with Crippen LogP contribution >= 0.6 is 0 Å². The van der Waals surface area contributed by atoms with Gasteiger partial charge in [0.05, 0.1) is 19.8 Å². The number of nitrogens with zero attached hydrogens (tertiary/aromatic N) is 1. The zero-order valence-electron chi connectivity index (χ0n) is 12.1. The number of hydrogen-bond acceptors (Lipinski definition) is 4. The van der Waals surface area contributed by atoms with E-state index in [0.717, 1.165) is 39.3 Å². The van der Waals surface area contributed by atoms with Gasteiger partial charge in [-0.3, -0.25) is 0 Å². The smallest absolute Gasteiger partial charge is 0.0700 e. The normalized spacial score (nSPS) is 11.1. The van der Waals surface area contributed by atoms with Crippen molar-refractivity contribution in [1.29, 1.82) is 0 Å². The fourth-order valence-corrected chi connectivity index (χ4v) is 1.80. The monoisotopic (exact) mass is 270 g/mol. The van der Waals surface area contributed by atoms with Gasteiger partial charge in [-0.1, -0.05) is 0 Å². The van der Waals surface area contributed by atoms with Gasteiger partial charge in [-0.15, -0.1) is 0 Å². The van der Waals surface area contributed by atoms with E-state index in [4.69, 9.17) is 14.2 Å². The summed E-state index contributed by atoms with van der Waals surface area (Å²) in [7, 11) is 3.40. The molecular weight excluding hydrogens is 244 g/mol. The summed E-state index contributed by atoms with van der Waals surface area (Å²) in [5.74, 6) is 0. The molecule has 0 bridgehead atoms. The quantitative estimate of drug-likeness (QED) is 0.581. The van der Waals surface area contributed by atoms with Crippen molar-refractivity contribution in [2.45, 2.75) is 19.5 Å². The third kappa shape index (κ3) is 7.32. The van der Waals surface area contributed by atoms with E-state index >= 15 is 0 Å². The number of methoxy groups -OCH3 is 2. The fraction of sp³-hybridized carbons (Fsp3) is 0.714. The summed E-state index contributed by atoms with van der Waals surface area (Å²) in [6.07, 6.45) is 3.13. The highest BCUT2D eigenvalue weighted by atomic mass is 16.5. The van der Waals surface area contributed by atoms with Crippen LogP contribution in [-0.4, -0.2) is 51.8 Å². The molecular formula is C14H26N2O3. The second-order valence-corrected chi connectivity index (χ2v) is 4.32. The molecule has 0 aliphatic heterocycles. The standard InChI is InChI=1S/C14H26N2O3/c1-17-10-6-15-13-14-5-3-7-16(14)8-4-9-19-12-11-18-2/h3,5,7,15H,4,6,8-13H2,1-2H3. The molecule has 5 heteroatoms. The van der Waals surface area contributed by atoms with Gasteiger partial charge in [-0.2, -0.15) is 0 Å². The number of ether oxygens (including phenoxy) is 3. The van der Waals surface area contributed by atoms with Crippen molar-refractivity contribution in [3.63, 3.8) is 0 Å². The van der Waals surface area contributed by atoms with Crippen LogP contribution in [-0.2, 0) is 27.3 Å². The molecule has 5 nitrogen and oxygen atoms in total. The summed E-state index contributed by atoms with van der Waals surface area (Å²) in [5, 5.41) is 3.35. The van der Waals surface area contributed by atoms with Crippen LogP contribution < -0.4 is 5.32 Å². The van der Waals surface area contributed by atoms with Crippen LogP contribution in [0.25, 0.3) is 0 Å². The Balaban J connectivity index is 2.13. The first-order valence-corrected chi connectivity index (χ1v) is 6.79. The van der Waals surface area contributed by atoms with Crippen LogP contribution in [0.4, 0.5) is 0 Å². The second kappa shape index (κ2) is 11.0. The third-order valence-corrected chi connectivity index (χ3v) is 2.83. The lowest BCUT2D eigenvalue weighted by molar-refractivity contribution is 0.0679. The first kappa shape index (κ1) is 16.2. The van der Waals surface area contributed by atoms with E-state index in [9.17, 15) is 0 Å². The number of nitrogens with one attached hydrogen (secondary N) is 1. The fourth-order valence-electron chi connectivity index (χ4n) is 1.80. The van der Waals surface area contributed by atoms with E-state index < -0.39 is 0 Å². The second-order valence-electron chi connectivity index (χ2n) is 4.32. The van der Waals surface area contributed by atoms with Gasteiger partial charge in [0.1, 0.15) is 0 Å². The first-order chi connectivity index (χ1) is 9.38. The number of aryl methyl sites for hydroxylation is 1. The minimum atomic E-state index is 0.665. The van der Waals surface area contributed by atoms with Gasteiger partial charge in [0.15, 0.2) is 0 Å². The van der Waals surface area contributed by atoms with E-state index in [2.05, 4.69) is 28.2 Å². The highest BCUT2D eigenvalue weighted by Gasteiger charge is 2.00. The van der Waals surface area contributed by atoms with Gasteiger partial charge < -0.3 is 24.1 Å². The lowest BCUT2D eigenvalue weighted by Crippen LogP contribution is -2.20. The van der Waals surface area contributed by atoms with Crippen LogP contribution in [0.1, 0.15) is 12.1 Å². The molecule has 1 aromatic rings. The van der Waals surface area contributed by atoms with Crippen LogP contribution in [0.5, 0.6) is 0 Å². The molecule has 0 unspecified atom stereocenters. The predicted octanol–water partition coefficient (Wildman–Crippen LogP) is 1.28. The van der Waals surface area contributed by atoms with E-state index in [1.54, 1.807) is 14.2 Å². The van der Waals surface area contributed by atoms with Crippen molar-refractivity contribution in [2.24, 2.45) is 0 Å². The molecule has 0 aliphatic rings. The van der Waals surface area contributed by atoms with E-state index in [1.165, 1.54) is 5.69 Å². The first-order valence-electron chi connectivity index (χ1n) is 6.79. The van der Waals surface area contributed by atoms with Crippen molar-refractivity contribution in [1.82, 2.24) is 9.88 Å². The molecule has 1 heterocycles. The Kier molecular flexibility index (Phi) is 9.36. The molecule has 110 valence electrons. The maximum absolute atomic E-state index is 5.45. The molecule has 0 saturated heterocycles. The number of rotatable bonds is 12. The molecule has 0 atom stereocenters. The highest BCUT2D eigenvalue weighted by molar-refractivity contribution is 5.06. The third-order valence-electron chi connectivity index (χ3n) is 2.83. The van der Waals surface area contributed by atoms with Crippen LogP contribution in [0.2, 0.25) is 0 Å². The van der Waals surface area contributed by atoms with Crippen molar-refractivity contribution < 1.29 is 14.2 Å². The molecule has 19 heavy (non-hydrogen) atoms. The van der Waals surface area contributed by atoms with Crippen molar-refractivity contribution in [3.05, 3.63) is 24.0 Å². The van der Waals surface area contributed by atoms with Gasteiger partial charge >= 0.3 is 0 Å². The van der Waals surface area contributed by atoms with Gasteiger partial charge in [0.2, 0.25) is 0 Å². The summed E-state index contributed by atoms with van der Waals surface area (Å²) in [5.41, 5.74) is 1.30. The molecule has 0 aliphatic carbocycles. The zero-order chi connectivity index (χ0) is 13.8. The summed E-state index contributed by atoms with van der Waals surface area (Å²) in [4.78, 5) is 0. The van der Waals surface area contributed by atoms with Crippen LogP contribution in [0.15, 0.2) is 18.3 Å². The summed E-state index contributed by atoms with van der Waals surface area (Å²) >= 11 is 0. The molecule has 1 N–H and O–H groups in total. The predicted molar refractivity (Wildman–Crippen MR) is 75.3 cm³/mol. The van der Waals surface area contributed by atoms with Gasteiger partial charge in [0, 0.05) is 52.4 Å². The van der Waals surface area contributed by atoms with Gasteiger partial charge in [-0.25, -0.2) is 0 Å². The molecule has 0 fully saturated rings. The molecule has 0 aromatic carbocycles. The Hall–Kier alpha value is -0.880. The van der Waals surface area contributed by atoms with Gasteiger partial charge in [-0.05, 0) is 18.6 Å². The molecule has 1 aromatic heterocycles. The van der Waals surface area contributed by atoms with E-state index in [0.29, 0.717) is 13.2 Å². The zero-order valence-corrected chi connectivity index (χ0v) is 12.1. The number of aromatic nitrogens is 1. The Bertz CT molecular complexity index is 315. The molecule has 1 rings (SSSR count). The van der Waals surface area contributed by atoms with Gasteiger partial charge in [0.25, 0.3) is 0 Å². The maximum Gasteiger partial charge on any atom is 0.0700 e.